The van der Waals surface area contributed by atoms with Crippen LogP contribution in [0.3, 0.4) is 0 Å². The predicted octanol–water partition coefficient (Wildman–Crippen LogP) is 3.00. The Kier molecular flexibility index (Phi) is 7.30. The van der Waals surface area contributed by atoms with Crippen molar-refractivity contribution in [1.29, 1.82) is 0 Å². The molecule has 0 spiro atoms. The zero-order valence-electron chi connectivity index (χ0n) is 22.1. The van der Waals surface area contributed by atoms with Gasteiger partial charge in [-0.2, -0.15) is 0 Å². The van der Waals surface area contributed by atoms with E-state index in [2.05, 4.69) is 0 Å². The van der Waals surface area contributed by atoms with Crippen LogP contribution >= 0.6 is 0 Å². The molecule has 9 heteroatoms. The lowest BCUT2D eigenvalue weighted by atomic mass is 9.78. The molecule has 2 aliphatic heterocycles. The van der Waals surface area contributed by atoms with E-state index in [9.17, 15) is 9.59 Å². The van der Waals surface area contributed by atoms with Crippen molar-refractivity contribution >= 4 is 24.6 Å². The molecule has 0 radical (unpaired) electrons. The number of rotatable bonds is 4. The lowest BCUT2D eigenvalue weighted by Gasteiger charge is -2.40. The molecule has 8 nitrogen and oxygen atoms in total. The van der Waals surface area contributed by atoms with Crippen molar-refractivity contribution in [3.63, 3.8) is 0 Å². The lowest BCUT2D eigenvalue weighted by molar-refractivity contribution is -0.133. The van der Waals surface area contributed by atoms with Gasteiger partial charge in [0.1, 0.15) is 11.4 Å². The number of hydrogen-bond donors (Lipinski definition) is 0. The van der Waals surface area contributed by atoms with Crippen LogP contribution in [0.15, 0.2) is 18.2 Å². The number of nitrogens with zero attached hydrogens (tertiary/aromatic N) is 2. The molecule has 2 saturated heterocycles. The van der Waals surface area contributed by atoms with Crippen molar-refractivity contribution in [2.75, 3.05) is 26.7 Å². The first kappa shape index (κ1) is 26.4. The number of amides is 2. The number of carbonyl (C=O) groups excluding carboxylic acids is 2. The van der Waals surface area contributed by atoms with E-state index in [1.807, 2.05) is 73.6 Å². The fraction of sp³-hybridized carbons (Fsp3) is 0.680. The molecule has 34 heavy (non-hydrogen) atoms. The maximum absolute atomic E-state index is 13.1. The van der Waals surface area contributed by atoms with Crippen LogP contribution in [0.2, 0.25) is 0 Å². The van der Waals surface area contributed by atoms with E-state index in [0.717, 1.165) is 11.0 Å². The second-order valence-corrected chi connectivity index (χ2v) is 11.2. The molecule has 1 unspecified atom stereocenters. The highest BCUT2D eigenvalue weighted by Crippen LogP contribution is 2.36. The summed E-state index contributed by atoms with van der Waals surface area (Å²) in [6, 6.07) is 5.59. The summed E-state index contributed by atoms with van der Waals surface area (Å²) in [4.78, 5) is 29.0. The van der Waals surface area contributed by atoms with Gasteiger partial charge in [0.2, 0.25) is 5.91 Å². The maximum Gasteiger partial charge on any atom is 0.494 e. The van der Waals surface area contributed by atoms with Crippen LogP contribution in [-0.4, -0.2) is 78.5 Å². The normalized spacial score (nSPS) is 22.0. The second-order valence-electron chi connectivity index (χ2n) is 11.2. The Labute approximate surface area is 204 Å². The van der Waals surface area contributed by atoms with Gasteiger partial charge in [-0.25, -0.2) is 4.79 Å². The number of benzene rings is 1. The summed E-state index contributed by atoms with van der Waals surface area (Å²) in [5.74, 6) is 0.623. The summed E-state index contributed by atoms with van der Waals surface area (Å²) in [5, 5.41) is 0. The third-order valence-electron chi connectivity index (χ3n) is 6.79. The van der Waals surface area contributed by atoms with Gasteiger partial charge in [0.15, 0.2) is 0 Å². The standard InChI is InChI=1S/C25H39BN2O6/c1-17-16-27(12-13-28(17)22(30)32-23(2,3)4)21(29)14-18-10-11-19(15-20(18)31-9)26-33-24(5,6)25(7,8)34-26/h10-11,15,17H,12-14,16H2,1-9H3. The minimum atomic E-state index is -0.549. The van der Waals surface area contributed by atoms with Gasteiger partial charge in [0.05, 0.1) is 24.7 Å². The molecule has 1 atom stereocenters. The van der Waals surface area contributed by atoms with Crippen LogP contribution in [-0.2, 0) is 25.3 Å². The molecule has 2 heterocycles. The monoisotopic (exact) mass is 474 g/mol. The average Bonchev–Trinajstić information content (AvgIpc) is 2.93. The molecule has 2 aliphatic rings. The molecule has 0 saturated carbocycles. The Morgan fingerprint density at radius 2 is 1.74 bits per heavy atom. The topological polar surface area (TPSA) is 77.5 Å². The van der Waals surface area contributed by atoms with Gasteiger partial charge in [-0.05, 0) is 66.9 Å². The molecule has 1 aromatic carbocycles. The van der Waals surface area contributed by atoms with Gasteiger partial charge in [-0.1, -0.05) is 12.1 Å². The minimum absolute atomic E-state index is 0.00243. The maximum atomic E-state index is 13.1. The first-order valence-electron chi connectivity index (χ1n) is 11.9. The molecule has 188 valence electrons. The minimum Gasteiger partial charge on any atom is -0.496 e. The smallest absolute Gasteiger partial charge is 0.494 e. The highest BCUT2D eigenvalue weighted by Gasteiger charge is 2.51. The van der Waals surface area contributed by atoms with Crippen LogP contribution in [0.25, 0.3) is 0 Å². The Morgan fingerprint density at radius 3 is 2.26 bits per heavy atom. The van der Waals surface area contributed by atoms with Crippen molar-refractivity contribution in [3.05, 3.63) is 23.8 Å². The Bertz CT molecular complexity index is 910. The van der Waals surface area contributed by atoms with E-state index < -0.39 is 23.9 Å². The van der Waals surface area contributed by atoms with Crippen LogP contribution in [0.5, 0.6) is 5.75 Å². The quantitative estimate of drug-likeness (QED) is 0.625. The van der Waals surface area contributed by atoms with Crippen molar-refractivity contribution in [1.82, 2.24) is 9.80 Å². The van der Waals surface area contributed by atoms with Gasteiger partial charge in [0.25, 0.3) is 0 Å². The van der Waals surface area contributed by atoms with Gasteiger partial charge >= 0.3 is 13.2 Å². The molecule has 2 fully saturated rings. The first-order valence-corrected chi connectivity index (χ1v) is 11.9. The third kappa shape index (κ3) is 5.69. The largest absolute Gasteiger partial charge is 0.496 e. The van der Waals surface area contributed by atoms with E-state index in [1.165, 1.54) is 0 Å². The summed E-state index contributed by atoms with van der Waals surface area (Å²) < 4.78 is 23.4. The number of ether oxygens (including phenoxy) is 2. The van der Waals surface area contributed by atoms with Crippen LogP contribution < -0.4 is 10.2 Å². The van der Waals surface area contributed by atoms with E-state index in [4.69, 9.17) is 18.8 Å². The molecule has 0 aromatic heterocycles. The number of piperazine rings is 1. The highest BCUT2D eigenvalue weighted by atomic mass is 16.7. The molecule has 3 rings (SSSR count). The van der Waals surface area contributed by atoms with Gasteiger partial charge in [0, 0.05) is 31.2 Å². The lowest BCUT2D eigenvalue weighted by Crippen LogP contribution is -2.56. The summed E-state index contributed by atoms with van der Waals surface area (Å²) >= 11 is 0. The molecular formula is C25H39BN2O6. The number of methoxy groups -OCH3 is 1. The zero-order valence-corrected chi connectivity index (χ0v) is 22.1. The number of hydrogen-bond acceptors (Lipinski definition) is 6. The Hall–Kier alpha value is -2.26. The Morgan fingerprint density at radius 1 is 1.12 bits per heavy atom. The highest BCUT2D eigenvalue weighted by molar-refractivity contribution is 6.62. The van der Waals surface area contributed by atoms with E-state index >= 15 is 0 Å². The number of carbonyl (C=O) groups is 2. The van der Waals surface area contributed by atoms with Crippen molar-refractivity contribution in [2.45, 2.75) is 84.7 Å². The van der Waals surface area contributed by atoms with E-state index in [1.54, 1.807) is 16.9 Å². The fourth-order valence-corrected chi connectivity index (χ4v) is 4.08. The SMILES string of the molecule is COc1cc(B2OC(C)(C)C(C)(C)O2)ccc1CC(=O)N1CCN(C(=O)OC(C)(C)C)C(C)C1. The van der Waals surface area contributed by atoms with Gasteiger partial charge in [-0.15, -0.1) is 0 Å². The Balaban J connectivity index is 1.65. The fourth-order valence-electron chi connectivity index (χ4n) is 4.08. The van der Waals surface area contributed by atoms with E-state index in [0.29, 0.717) is 25.4 Å². The molecule has 1 aromatic rings. The summed E-state index contributed by atoms with van der Waals surface area (Å²) in [5.41, 5.74) is 0.239. The summed E-state index contributed by atoms with van der Waals surface area (Å²) in [6.07, 6.45) is -0.126. The summed E-state index contributed by atoms with van der Waals surface area (Å²) in [7, 11) is 1.10. The summed E-state index contributed by atoms with van der Waals surface area (Å²) in [6.45, 7) is 16.9. The van der Waals surface area contributed by atoms with Crippen molar-refractivity contribution in [3.8, 4) is 5.75 Å². The van der Waals surface area contributed by atoms with Crippen LogP contribution in [0.4, 0.5) is 4.79 Å². The van der Waals surface area contributed by atoms with Crippen molar-refractivity contribution < 1.29 is 28.4 Å². The van der Waals surface area contributed by atoms with Gasteiger partial charge < -0.3 is 28.6 Å². The van der Waals surface area contributed by atoms with Gasteiger partial charge in [-0.3, -0.25) is 4.79 Å². The first-order chi connectivity index (χ1) is 15.6. The second kappa shape index (κ2) is 9.42. The molecule has 0 N–H and O–H groups in total. The molecular weight excluding hydrogens is 435 g/mol. The molecule has 0 bridgehead atoms. The molecule has 2 amide bonds. The van der Waals surface area contributed by atoms with E-state index in [-0.39, 0.29) is 24.5 Å². The predicted molar refractivity (Wildman–Crippen MR) is 131 cm³/mol. The zero-order chi connectivity index (χ0) is 25.5. The molecule has 0 aliphatic carbocycles. The van der Waals surface area contributed by atoms with Crippen LogP contribution in [0, 0.1) is 0 Å². The van der Waals surface area contributed by atoms with Crippen molar-refractivity contribution in [2.24, 2.45) is 0 Å². The van der Waals surface area contributed by atoms with Crippen LogP contribution in [0.1, 0.15) is 61.0 Å². The third-order valence-corrected chi connectivity index (χ3v) is 6.79. The average molecular weight is 474 g/mol.